The number of aryl methyl sites for hydroxylation is 1. The van der Waals surface area contributed by atoms with Crippen molar-refractivity contribution < 1.29 is 17.9 Å². The summed E-state index contributed by atoms with van der Waals surface area (Å²) in [5.74, 6) is 0.215. The number of carbonyl (C=O) groups is 1. The number of fused-ring (bicyclic) bond motifs is 1. The minimum atomic E-state index is -3.85. The van der Waals surface area contributed by atoms with Crippen LogP contribution in [0.1, 0.15) is 5.56 Å². The van der Waals surface area contributed by atoms with Crippen molar-refractivity contribution in [2.24, 2.45) is 0 Å². The molecule has 0 aliphatic carbocycles. The molecule has 1 aromatic carbocycles. The zero-order chi connectivity index (χ0) is 19.6. The van der Waals surface area contributed by atoms with E-state index in [2.05, 4.69) is 10.3 Å². The predicted octanol–water partition coefficient (Wildman–Crippen LogP) is 1.48. The Morgan fingerprint density at radius 2 is 2.11 bits per heavy atom. The molecular weight excluding hydrogens is 368 g/mol. The Balaban J connectivity index is 2.14. The molecule has 1 aromatic heterocycles. The van der Waals surface area contributed by atoms with Crippen LogP contribution in [-0.4, -0.2) is 58.0 Å². The van der Waals surface area contributed by atoms with Crippen LogP contribution in [0.3, 0.4) is 0 Å². The van der Waals surface area contributed by atoms with Crippen LogP contribution < -0.4 is 14.4 Å². The summed E-state index contributed by atoms with van der Waals surface area (Å²) < 4.78 is 33.9. The van der Waals surface area contributed by atoms with Gasteiger partial charge in [0.15, 0.2) is 0 Å². The van der Waals surface area contributed by atoms with Crippen LogP contribution in [0.15, 0.2) is 41.4 Å². The Bertz CT molecular complexity index is 946. The fourth-order valence-electron chi connectivity index (χ4n) is 2.84. The molecule has 1 amide bonds. The predicted molar refractivity (Wildman–Crippen MR) is 103 cm³/mol. The van der Waals surface area contributed by atoms with E-state index in [0.29, 0.717) is 24.4 Å². The number of hydrogen-bond acceptors (Lipinski definition) is 6. The Kier molecular flexibility index (Phi) is 5.33. The molecule has 27 heavy (non-hydrogen) atoms. The maximum atomic E-state index is 13.4. The standard InChI is InChI=1S/C18H22N4O4S/c1-13-5-4-6-16(7-13)27(24,25)22-10-15(21(2)3)11-26-18-17(22)8-14(9-19-18)20-12-23/h4-9,12,15H,10-11H2,1-3H3,(H,20,23). The van der Waals surface area contributed by atoms with Crippen LogP contribution in [0, 0.1) is 6.92 Å². The summed E-state index contributed by atoms with van der Waals surface area (Å²) >= 11 is 0. The van der Waals surface area contributed by atoms with Crippen molar-refractivity contribution in [1.82, 2.24) is 9.88 Å². The lowest BCUT2D eigenvalue weighted by Gasteiger charge is -2.28. The number of carbonyl (C=O) groups excluding carboxylic acids is 1. The van der Waals surface area contributed by atoms with Crippen molar-refractivity contribution >= 4 is 27.8 Å². The zero-order valence-electron chi connectivity index (χ0n) is 15.4. The smallest absolute Gasteiger partial charge is 0.264 e. The molecule has 0 radical (unpaired) electrons. The fourth-order valence-corrected chi connectivity index (χ4v) is 4.44. The Morgan fingerprint density at radius 3 is 2.78 bits per heavy atom. The number of hydrogen-bond donors (Lipinski definition) is 1. The van der Waals surface area contributed by atoms with E-state index in [0.717, 1.165) is 5.56 Å². The van der Waals surface area contributed by atoms with Gasteiger partial charge in [-0.15, -0.1) is 0 Å². The SMILES string of the molecule is Cc1cccc(S(=O)(=O)N2CC(N(C)C)COc3ncc(NC=O)cc32)c1. The van der Waals surface area contributed by atoms with E-state index in [9.17, 15) is 13.2 Å². The number of likely N-dealkylation sites (N-methyl/N-ethyl adjacent to an activating group) is 1. The molecule has 8 nitrogen and oxygen atoms in total. The first-order chi connectivity index (χ1) is 12.8. The number of aromatic nitrogens is 1. The minimum absolute atomic E-state index is 0.165. The van der Waals surface area contributed by atoms with Gasteiger partial charge in [-0.1, -0.05) is 12.1 Å². The maximum absolute atomic E-state index is 13.4. The maximum Gasteiger partial charge on any atom is 0.264 e. The number of ether oxygens (including phenoxy) is 1. The van der Waals surface area contributed by atoms with Crippen LogP contribution >= 0.6 is 0 Å². The fraction of sp³-hybridized carbons (Fsp3) is 0.333. The van der Waals surface area contributed by atoms with Crippen molar-refractivity contribution in [3.8, 4) is 5.88 Å². The van der Waals surface area contributed by atoms with Gasteiger partial charge in [-0.3, -0.25) is 9.10 Å². The molecule has 144 valence electrons. The number of nitrogens with one attached hydrogen (secondary N) is 1. The lowest BCUT2D eigenvalue weighted by molar-refractivity contribution is -0.105. The van der Waals surface area contributed by atoms with Crippen molar-refractivity contribution in [2.45, 2.75) is 17.9 Å². The molecule has 3 rings (SSSR count). The van der Waals surface area contributed by atoms with Gasteiger partial charge in [-0.2, -0.15) is 0 Å². The van der Waals surface area contributed by atoms with E-state index >= 15 is 0 Å². The van der Waals surface area contributed by atoms with Crippen LogP contribution in [0.2, 0.25) is 0 Å². The summed E-state index contributed by atoms with van der Waals surface area (Å²) in [4.78, 5) is 17.1. The van der Waals surface area contributed by atoms with Crippen molar-refractivity contribution in [3.05, 3.63) is 42.1 Å². The molecule has 2 heterocycles. The molecule has 0 bridgehead atoms. The van der Waals surface area contributed by atoms with E-state index in [1.807, 2.05) is 32.0 Å². The van der Waals surface area contributed by atoms with Crippen LogP contribution in [0.25, 0.3) is 0 Å². The molecule has 1 unspecified atom stereocenters. The molecule has 1 aliphatic heterocycles. The number of amides is 1. The number of pyridine rings is 1. The van der Waals surface area contributed by atoms with Gasteiger partial charge in [0.25, 0.3) is 10.0 Å². The molecule has 2 aromatic rings. The van der Waals surface area contributed by atoms with E-state index in [4.69, 9.17) is 4.74 Å². The minimum Gasteiger partial charge on any atom is -0.474 e. The molecule has 1 atom stereocenters. The Labute approximate surface area is 158 Å². The lowest BCUT2D eigenvalue weighted by atomic mass is 10.2. The summed E-state index contributed by atoms with van der Waals surface area (Å²) in [5, 5.41) is 2.50. The van der Waals surface area contributed by atoms with Crippen molar-refractivity contribution in [1.29, 1.82) is 0 Å². The number of rotatable bonds is 5. The van der Waals surface area contributed by atoms with Gasteiger partial charge < -0.3 is 15.0 Å². The molecule has 0 saturated heterocycles. The quantitative estimate of drug-likeness (QED) is 0.778. The molecular formula is C18H22N4O4S. The monoisotopic (exact) mass is 390 g/mol. The van der Waals surface area contributed by atoms with Gasteiger partial charge in [-0.05, 0) is 44.8 Å². The highest BCUT2D eigenvalue weighted by Gasteiger charge is 2.34. The van der Waals surface area contributed by atoms with Crippen LogP contribution in [0.4, 0.5) is 11.4 Å². The first kappa shape index (κ1) is 19.1. The van der Waals surface area contributed by atoms with Crippen molar-refractivity contribution in [2.75, 3.05) is 36.9 Å². The van der Waals surface area contributed by atoms with Gasteiger partial charge in [0.2, 0.25) is 12.3 Å². The number of nitrogens with zero attached hydrogens (tertiary/aromatic N) is 3. The molecule has 0 spiro atoms. The average Bonchev–Trinajstić information content (AvgIpc) is 2.82. The summed E-state index contributed by atoms with van der Waals surface area (Å²) in [5.41, 5.74) is 1.54. The normalized spacial score (nSPS) is 17.0. The summed E-state index contributed by atoms with van der Waals surface area (Å²) in [6.07, 6.45) is 1.95. The second kappa shape index (κ2) is 7.53. The van der Waals surface area contributed by atoms with E-state index in [1.165, 1.54) is 10.5 Å². The molecule has 9 heteroatoms. The Morgan fingerprint density at radius 1 is 1.33 bits per heavy atom. The second-order valence-electron chi connectivity index (χ2n) is 6.59. The highest BCUT2D eigenvalue weighted by atomic mass is 32.2. The lowest BCUT2D eigenvalue weighted by Crippen LogP contribution is -2.44. The summed E-state index contributed by atoms with van der Waals surface area (Å²) in [6.45, 7) is 2.34. The third-order valence-corrected chi connectivity index (χ3v) is 6.20. The molecule has 1 N–H and O–H groups in total. The first-order valence-electron chi connectivity index (χ1n) is 8.42. The summed E-state index contributed by atoms with van der Waals surface area (Å²) in [7, 11) is -0.110. The highest BCUT2D eigenvalue weighted by Crippen LogP contribution is 2.35. The molecule has 0 saturated carbocycles. The van der Waals surface area contributed by atoms with E-state index < -0.39 is 10.0 Å². The number of sulfonamides is 1. The van der Waals surface area contributed by atoms with E-state index in [-0.39, 0.29) is 23.4 Å². The van der Waals surface area contributed by atoms with Gasteiger partial charge in [0.1, 0.15) is 12.3 Å². The van der Waals surface area contributed by atoms with Gasteiger partial charge in [0.05, 0.1) is 29.4 Å². The first-order valence-corrected chi connectivity index (χ1v) is 9.86. The molecule has 0 fully saturated rings. The topological polar surface area (TPSA) is 91.8 Å². The highest BCUT2D eigenvalue weighted by molar-refractivity contribution is 7.92. The number of benzene rings is 1. The average molecular weight is 390 g/mol. The molecule has 1 aliphatic rings. The zero-order valence-corrected chi connectivity index (χ0v) is 16.2. The van der Waals surface area contributed by atoms with Gasteiger partial charge in [0, 0.05) is 0 Å². The Hall–Kier alpha value is -2.65. The third-order valence-electron chi connectivity index (χ3n) is 4.42. The van der Waals surface area contributed by atoms with Gasteiger partial charge >= 0.3 is 0 Å². The van der Waals surface area contributed by atoms with Gasteiger partial charge in [-0.25, -0.2) is 13.4 Å². The third kappa shape index (κ3) is 3.88. The van der Waals surface area contributed by atoms with E-state index in [1.54, 1.807) is 24.3 Å². The van der Waals surface area contributed by atoms with Crippen LogP contribution in [-0.2, 0) is 14.8 Å². The largest absolute Gasteiger partial charge is 0.474 e. The van der Waals surface area contributed by atoms with Crippen molar-refractivity contribution in [3.63, 3.8) is 0 Å². The second-order valence-corrected chi connectivity index (χ2v) is 8.45. The van der Waals surface area contributed by atoms with Crippen LogP contribution in [0.5, 0.6) is 5.88 Å². The number of anilines is 2. The summed E-state index contributed by atoms with van der Waals surface area (Å²) in [6, 6.07) is 8.15.